The maximum absolute atomic E-state index is 15.3. The second kappa shape index (κ2) is 31.0. The maximum atomic E-state index is 15.3. The Labute approximate surface area is 481 Å². The Morgan fingerprint density at radius 2 is 1.43 bits per heavy atom. The fraction of sp³-hybridized carbons (Fsp3) is 0.466. The van der Waals surface area contributed by atoms with Crippen molar-refractivity contribution in [1.82, 2.24) is 36.5 Å². The number of amides is 7. The molecule has 440 valence electrons. The number of rotatable bonds is 18. The van der Waals surface area contributed by atoms with Crippen LogP contribution in [0.3, 0.4) is 0 Å². The topological polar surface area (TPSA) is 388 Å². The predicted molar refractivity (Wildman–Crippen MR) is 311 cm³/mol. The lowest BCUT2D eigenvalue weighted by Gasteiger charge is -2.31. The molecule has 0 aliphatic carbocycles. The summed E-state index contributed by atoms with van der Waals surface area (Å²) >= 11 is 6.65. The Morgan fingerprint density at radius 3 is 2.13 bits per heavy atom. The van der Waals surface area contributed by atoms with E-state index in [2.05, 4.69) is 41.6 Å². The zero-order valence-corrected chi connectivity index (χ0v) is 47.0. The first-order valence-corrected chi connectivity index (χ1v) is 28.2. The van der Waals surface area contributed by atoms with Gasteiger partial charge in [-0.1, -0.05) is 78.3 Å². The van der Waals surface area contributed by atoms with Gasteiger partial charge in [-0.3, -0.25) is 53.1 Å². The number of nitrogens with two attached hydrogens (primary N) is 5. The van der Waals surface area contributed by atoms with Crippen molar-refractivity contribution in [3.05, 3.63) is 107 Å². The SMILES string of the molecule is CC(=O)N[C@@H](CCCN=C(N)N)C(=O)N[C@H]1CC(=O)NCCCC[C@@H](C(N)=O)NC(=O)[C@H](Cc2c[nH]c3ccccc23)CC(=O)[C@H](CCCN=C(N)N)CC(=O)[C@@H](Cc2ccccc2)NC(=O)[C@@H]2C[C@@H](Cc3ccccc3Cl)CN2C1=O. The number of primary amides is 1. The number of carbonyl (C=O) groups excluding carboxylic acids is 9. The van der Waals surface area contributed by atoms with E-state index in [1.54, 1.807) is 48.7 Å². The van der Waals surface area contributed by atoms with E-state index in [0.717, 1.165) is 22.0 Å². The van der Waals surface area contributed by atoms with Crippen LogP contribution in [0.5, 0.6) is 0 Å². The molecule has 3 heterocycles. The fourth-order valence-corrected chi connectivity index (χ4v) is 10.9. The van der Waals surface area contributed by atoms with Crippen molar-refractivity contribution in [2.75, 3.05) is 26.2 Å². The first kappa shape index (κ1) is 62.9. The molecule has 0 spiro atoms. The van der Waals surface area contributed by atoms with E-state index >= 15 is 14.4 Å². The minimum absolute atomic E-state index is 0.0171. The summed E-state index contributed by atoms with van der Waals surface area (Å²) in [6.45, 7) is 1.48. The van der Waals surface area contributed by atoms with Crippen molar-refractivity contribution in [3.63, 3.8) is 0 Å². The molecule has 2 aliphatic heterocycles. The summed E-state index contributed by atoms with van der Waals surface area (Å²) in [4.78, 5) is 141. The molecule has 1 aromatic heterocycles. The van der Waals surface area contributed by atoms with Crippen molar-refractivity contribution in [1.29, 1.82) is 0 Å². The summed E-state index contributed by atoms with van der Waals surface area (Å²) in [7, 11) is 0. The third-order valence-electron chi connectivity index (χ3n) is 14.8. The number of fused-ring (bicyclic) bond motifs is 2. The third kappa shape index (κ3) is 19.2. The summed E-state index contributed by atoms with van der Waals surface area (Å²) < 4.78 is 0. The predicted octanol–water partition coefficient (Wildman–Crippen LogP) is 1.46. The van der Waals surface area contributed by atoms with Crippen LogP contribution in [-0.4, -0.2) is 131 Å². The molecular weight excluding hydrogens is 1070 g/mol. The lowest BCUT2D eigenvalue weighted by Crippen LogP contribution is -2.58. The van der Waals surface area contributed by atoms with Crippen LogP contribution >= 0.6 is 11.6 Å². The molecule has 0 radical (unpaired) electrons. The van der Waals surface area contributed by atoms with Crippen LogP contribution < -0.4 is 55.3 Å². The molecule has 2 aliphatic rings. The zero-order valence-electron chi connectivity index (χ0n) is 46.2. The number of aromatic nitrogens is 1. The Hall–Kier alpha value is -8.34. The number of aromatic amines is 1. The number of Topliss-reactive ketones (excluding diaryl/α,β-unsaturated/α-hetero) is 2. The fourth-order valence-electron chi connectivity index (χ4n) is 10.7. The molecule has 16 N–H and O–H groups in total. The third-order valence-corrected chi connectivity index (χ3v) is 15.2. The Balaban J connectivity index is 1.41. The van der Waals surface area contributed by atoms with E-state index < -0.39 is 101 Å². The summed E-state index contributed by atoms with van der Waals surface area (Å²) in [6.07, 6.45) is 2.21. The molecule has 7 amide bonds. The monoisotopic (exact) mass is 1150 g/mol. The smallest absolute Gasteiger partial charge is 0.246 e. The highest BCUT2D eigenvalue weighted by molar-refractivity contribution is 6.31. The molecule has 2 fully saturated rings. The Kier molecular flexibility index (Phi) is 23.8. The summed E-state index contributed by atoms with van der Waals surface area (Å²) in [5.74, 6) is -8.64. The number of guanidine groups is 2. The van der Waals surface area contributed by atoms with E-state index in [0.29, 0.717) is 17.0 Å². The summed E-state index contributed by atoms with van der Waals surface area (Å²) in [5, 5.41) is 15.1. The highest BCUT2D eigenvalue weighted by atomic mass is 35.5. The van der Waals surface area contributed by atoms with Gasteiger partial charge in [0, 0.05) is 79.9 Å². The molecular formula is C58H77ClN14O9. The number of aliphatic imine (C=N–C) groups is 2. The van der Waals surface area contributed by atoms with Gasteiger partial charge in [-0.05, 0) is 105 Å². The molecule has 6 rings (SSSR count). The first-order chi connectivity index (χ1) is 39.3. The van der Waals surface area contributed by atoms with E-state index in [1.807, 2.05) is 36.4 Å². The molecule has 82 heavy (non-hydrogen) atoms. The first-order valence-electron chi connectivity index (χ1n) is 27.8. The molecule has 4 aromatic rings. The van der Waals surface area contributed by atoms with Gasteiger partial charge in [0.15, 0.2) is 17.7 Å². The van der Waals surface area contributed by atoms with Gasteiger partial charge in [0.05, 0.1) is 12.5 Å². The summed E-state index contributed by atoms with van der Waals surface area (Å²) in [5.41, 5.74) is 31.2. The highest BCUT2D eigenvalue weighted by Crippen LogP contribution is 2.31. The number of hydrogen-bond donors (Lipinski definition) is 11. The normalized spacial score (nSPS) is 22.2. The zero-order chi connectivity index (χ0) is 59.3. The second-order valence-corrected chi connectivity index (χ2v) is 21.6. The highest BCUT2D eigenvalue weighted by Gasteiger charge is 2.44. The van der Waals surface area contributed by atoms with Gasteiger partial charge in [0.25, 0.3) is 0 Å². The lowest BCUT2D eigenvalue weighted by atomic mass is 9.83. The molecule has 8 atom stereocenters. The van der Waals surface area contributed by atoms with E-state index in [9.17, 15) is 28.8 Å². The van der Waals surface area contributed by atoms with Crippen molar-refractivity contribution in [3.8, 4) is 0 Å². The van der Waals surface area contributed by atoms with E-state index in [4.69, 9.17) is 40.3 Å². The lowest BCUT2D eigenvalue weighted by molar-refractivity contribution is -0.143. The molecule has 0 bridgehead atoms. The van der Waals surface area contributed by atoms with Crippen LogP contribution in [0, 0.1) is 17.8 Å². The molecule has 0 saturated carbocycles. The van der Waals surface area contributed by atoms with E-state index in [1.165, 1.54) is 11.8 Å². The van der Waals surface area contributed by atoms with Gasteiger partial charge >= 0.3 is 0 Å². The van der Waals surface area contributed by atoms with Gasteiger partial charge in [-0.25, -0.2) is 0 Å². The molecule has 23 nitrogen and oxygen atoms in total. The average Bonchev–Trinajstić information content (AvgIpc) is 4.20. The molecule has 3 aromatic carbocycles. The number of halogens is 1. The van der Waals surface area contributed by atoms with Crippen LogP contribution in [0.15, 0.2) is 95.0 Å². The number of carbonyl (C=O) groups is 9. The maximum Gasteiger partial charge on any atom is 0.246 e. The number of para-hydroxylation sites is 1. The van der Waals surface area contributed by atoms with Crippen molar-refractivity contribution < 1.29 is 43.2 Å². The second-order valence-electron chi connectivity index (χ2n) is 21.2. The van der Waals surface area contributed by atoms with Gasteiger partial charge in [-0.15, -0.1) is 0 Å². The number of H-pyrrole nitrogens is 1. The standard InChI is InChI=1S/C58H77ClN14O9/c1-34(74)69-45(21-12-24-67-58(63)64)54(80)72-47-31-51(77)65-22-10-9-20-44(52(60)78)70-53(79)39(28-40-32-68-43-19-8-6-17-41(40)43)30-49(75)38(16-11-23-66-57(61)62)29-50(76)46(26-35-13-3-2-4-14-35)71-55(81)48-27-36(33-73(48)56(47)82)25-37-15-5-7-18-42(37)59/h2-8,13-15,17-19,32,36,38-39,44-48,68H,9-12,16,20-31,33H2,1H3,(H2,60,78)(H,65,77)(H,69,74)(H,70,79)(H,71,81)(H,72,80)(H4,61,62,66)(H4,63,64,67)/t36-,38-,39-,44+,45+,46-,47+,48+/m1/s1. The van der Waals surface area contributed by atoms with Gasteiger partial charge in [0.1, 0.15) is 30.0 Å². The minimum atomic E-state index is -1.59. The Morgan fingerprint density at radius 1 is 0.744 bits per heavy atom. The molecule has 2 saturated heterocycles. The van der Waals surface area contributed by atoms with Gasteiger partial charge in [-0.2, -0.15) is 0 Å². The number of ketones is 2. The average molecular weight is 1150 g/mol. The van der Waals surface area contributed by atoms with Crippen molar-refractivity contribution >= 4 is 87.3 Å². The van der Waals surface area contributed by atoms with Gasteiger partial charge in [0.2, 0.25) is 41.4 Å². The van der Waals surface area contributed by atoms with Crippen LogP contribution in [0.2, 0.25) is 5.02 Å². The number of nitrogens with one attached hydrogen (secondary N) is 6. The largest absolute Gasteiger partial charge is 0.370 e. The summed E-state index contributed by atoms with van der Waals surface area (Å²) in [6, 6.07) is 17.1. The number of benzene rings is 3. The van der Waals surface area contributed by atoms with Crippen molar-refractivity contribution in [2.45, 2.75) is 127 Å². The molecule has 0 unspecified atom stereocenters. The quantitative estimate of drug-likeness (QED) is 0.0382. The van der Waals surface area contributed by atoms with Crippen LogP contribution in [-0.2, 0) is 62.4 Å². The van der Waals surface area contributed by atoms with Crippen molar-refractivity contribution in [2.24, 2.45) is 56.4 Å². The minimum Gasteiger partial charge on any atom is -0.370 e. The Bertz CT molecular complexity index is 2960. The van der Waals surface area contributed by atoms with Crippen LogP contribution in [0.1, 0.15) is 94.2 Å². The van der Waals surface area contributed by atoms with Crippen LogP contribution in [0.25, 0.3) is 10.9 Å². The van der Waals surface area contributed by atoms with Gasteiger partial charge < -0.3 is 65.1 Å². The van der Waals surface area contributed by atoms with E-state index in [-0.39, 0.29) is 121 Å². The number of nitrogens with zero attached hydrogens (tertiary/aromatic N) is 3. The molecule has 24 heteroatoms. The number of hydrogen-bond acceptors (Lipinski definition) is 11. The van der Waals surface area contributed by atoms with Crippen LogP contribution in [0.4, 0.5) is 0 Å².